The number of likely N-dealkylation sites (N-methyl/N-ethyl adjacent to an activating group) is 1. The second kappa shape index (κ2) is 7.66. The summed E-state index contributed by atoms with van der Waals surface area (Å²) < 4.78 is 46.4. The van der Waals surface area contributed by atoms with Crippen LogP contribution in [0, 0.1) is 6.92 Å². The molecular weight excluding hydrogens is 449 g/mol. The molecule has 0 saturated carbocycles. The number of ether oxygens (including phenoxy) is 1. The number of amides is 1. The highest BCUT2D eigenvalue weighted by molar-refractivity contribution is 6.11. The summed E-state index contributed by atoms with van der Waals surface area (Å²) in [7, 11) is 3.39. The Kier molecular flexibility index (Phi) is 4.97. The maximum atomic E-state index is 13.4. The van der Waals surface area contributed by atoms with Gasteiger partial charge < -0.3 is 15.4 Å². The van der Waals surface area contributed by atoms with Gasteiger partial charge in [0.2, 0.25) is 0 Å². The van der Waals surface area contributed by atoms with E-state index in [1.165, 1.54) is 11.0 Å². The molecule has 176 valence electrons. The summed E-state index contributed by atoms with van der Waals surface area (Å²) in [5, 5.41) is 5.89. The summed E-state index contributed by atoms with van der Waals surface area (Å²) in [5.74, 6) is 0.0538. The number of fused-ring (bicyclic) bond motifs is 4. The van der Waals surface area contributed by atoms with E-state index in [0.717, 1.165) is 28.0 Å². The van der Waals surface area contributed by atoms with Crippen molar-refractivity contribution < 1.29 is 22.7 Å². The van der Waals surface area contributed by atoms with Gasteiger partial charge in [0, 0.05) is 30.6 Å². The predicted octanol–water partition coefficient (Wildman–Crippen LogP) is 3.77. The fraction of sp³-hybridized carbons (Fsp3) is 0.304. The number of alkyl halides is 3. The Morgan fingerprint density at radius 3 is 2.74 bits per heavy atom. The van der Waals surface area contributed by atoms with Gasteiger partial charge in [0.25, 0.3) is 5.91 Å². The molecule has 1 atom stereocenters. The number of anilines is 1. The first-order valence-electron chi connectivity index (χ1n) is 10.5. The average Bonchev–Trinajstić information content (AvgIpc) is 3.11. The van der Waals surface area contributed by atoms with Gasteiger partial charge in [-0.3, -0.25) is 9.48 Å². The lowest BCUT2D eigenvalue weighted by molar-refractivity contribution is -0.141. The number of carbonyl (C=O) groups is 1. The Hall–Kier alpha value is -3.73. The summed E-state index contributed by atoms with van der Waals surface area (Å²) in [4.78, 5) is 23.1. The summed E-state index contributed by atoms with van der Waals surface area (Å²) in [6, 6.07) is 6.83. The summed E-state index contributed by atoms with van der Waals surface area (Å²) in [6.07, 6.45) is -4.55. The fourth-order valence-corrected chi connectivity index (χ4v) is 4.53. The number of aryl methyl sites for hydroxylation is 2. The molecule has 1 aromatic carbocycles. The molecule has 0 spiro atoms. The number of benzene rings is 1. The van der Waals surface area contributed by atoms with E-state index in [2.05, 4.69) is 15.1 Å². The van der Waals surface area contributed by atoms with Crippen LogP contribution < -0.4 is 5.73 Å². The Balaban J connectivity index is 1.54. The van der Waals surface area contributed by atoms with Gasteiger partial charge in [-0.15, -0.1) is 0 Å². The molecule has 2 N–H and O–H groups in total. The van der Waals surface area contributed by atoms with Crippen molar-refractivity contribution in [1.82, 2.24) is 24.6 Å². The van der Waals surface area contributed by atoms with E-state index in [1.807, 2.05) is 6.92 Å². The van der Waals surface area contributed by atoms with Gasteiger partial charge in [-0.25, -0.2) is 9.97 Å². The van der Waals surface area contributed by atoms with Crippen LogP contribution in [-0.2, 0) is 24.6 Å². The maximum absolute atomic E-state index is 13.4. The lowest BCUT2D eigenvalue weighted by Gasteiger charge is -2.33. The molecule has 5 rings (SSSR count). The van der Waals surface area contributed by atoms with Crippen LogP contribution in [0.4, 0.5) is 19.0 Å². The minimum atomic E-state index is -4.55. The zero-order valence-electron chi connectivity index (χ0n) is 18.6. The third kappa shape index (κ3) is 3.43. The molecule has 34 heavy (non-hydrogen) atoms. The molecule has 3 aromatic heterocycles. The van der Waals surface area contributed by atoms with Gasteiger partial charge in [-0.2, -0.15) is 18.3 Å². The number of pyridine rings is 2. The number of halogens is 3. The number of aromatic nitrogens is 4. The van der Waals surface area contributed by atoms with E-state index >= 15 is 0 Å². The van der Waals surface area contributed by atoms with E-state index in [4.69, 9.17) is 10.5 Å². The van der Waals surface area contributed by atoms with Crippen LogP contribution in [-0.4, -0.2) is 44.2 Å². The molecule has 1 aliphatic rings. The summed E-state index contributed by atoms with van der Waals surface area (Å²) in [5.41, 5.74) is 8.39. The highest BCUT2D eigenvalue weighted by Crippen LogP contribution is 2.34. The number of hydrogen-bond acceptors (Lipinski definition) is 6. The third-order valence-corrected chi connectivity index (χ3v) is 6.18. The molecule has 11 heteroatoms. The van der Waals surface area contributed by atoms with Crippen LogP contribution >= 0.6 is 0 Å². The molecule has 0 unspecified atom stereocenters. The minimum absolute atomic E-state index is 0.0430. The molecule has 1 amide bonds. The zero-order valence-corrected chi connectivity index (χ0v) is 18.6. The first-order chi connectivity index (χ1) is 16.1. The second-order valence-corrected chi connectivity index (χ2v) is 8.34. The molecule has 0 radical (unpaired) electrons. The van der Waals surface area contributed by atoms with Crippen LogP contribution in [0.2, 0.25) is 0 Å². The van der Waals surface area contributed by atoms with Crippen LogP contribution in [0.15, 0.2) is 30.3 Å². The first kappa shape index (κ1) is 22.1. The van der Waals surface area contributed by atoms with Crippen LogP contribution in [0.25, 0.3) is 21.8 Å². The van der Waals surface area contributed by atoms with Crippen molar-refractivity contribution in [2.24, 2.45) is 7.05 Å². The molecule has 8 nitrogen and oxygen atoms in total. The topological polar surface area (TPSA) is 99.2 Å². The molecular formula is C23H21F3N6O2. The summed E-state index contributed by atoms with van der Waals surface area (Å²) in [6.45, 7) is 1.95. The second-order valence-electron chi connectivity index (χ2n) is 8.34. The van der Waals surface area contributed by atoms with Crippen molar-refractivity contribution in [2.75, 3.05) is 19.4 Å². The maximum Gasteiger partial charge on any atom is 0.433 e. The van der Waals surface area contributed by atoms with Crippen molar-refractivity contribution >= 4 is 33.5 Å². The Labute approximate surface area is 192 Å². The van der Waals surface area contributed by atoms with E-state index in [1.54, 1.807) is 37.0 Å². The number of nitrogen functional groups attached to an aromatic ring is 1. The quantitative estimate of drug-likeness (QED) is 0.479. The van der Waals surface area contributed by atoms with Crippen molar-refractivity contribution in [3.63, 3.8) is 0 Å². The first-order valence-corrected chi connectivity index (χ1v) is 10.5. The number of nitrogens with two attached hydrogens (primary N) is 1. The molecule has 0 bridgehead atoms. The fourth-order valence-electron chi connectivity index (χ4n) is 4.53. The zero-order chi connectivity index (χ0) is 24.4. The smallest absolute Gasteiger partial charge is 0.383 e. The monoisotopic (exact) mass is 470 g/mol. The van der Waals surface area contributed by atoms with Crippen molar-refractivity contribution in [3.8, 4) is 0 Å². The van der Waals surface area contributed by atoms with Crippen LogP contribution in [0.1, 0.15) is 39.0 Å². The average molecular weight is 470 g/mol. The van der Waals surface area contributed by atoms with Gasteiger partial charge in [-0.05, 0) is 31.2 Å². The standard InChI is InChI=1S/C23H21F3N6O2/c1-11-19-20(32(3)30-11)14-8-12(4-6-15(14)29-21(19)27)22(33)31(2)17-10-34-9-16-13(17)5-7-18(28-16)23(24,25)26/h4-8,17H,9-10H2,1-3H3,(H2,27,29)/t17-/m1/s1. The lowest BCUT2D eigenvalue weighted by Crippen LogP contribution is -2.36. The lowest BCUT2D eigenvalue weighted by atomic mass is 10.0. The Bertz CT molecular complexity index is 1460. The number of rotatable bonds is 2. The van der Waals surface area contributed by atoms with E-state index in [0.29, 0.717) is 22.5 Å². The normalized spacial score (nSPS) is 16.1. The summed E-state index contributed by atoms with van der Waals surface area (Å²) >= 11 is 0. The van der Waals surface area contributed by atoms with Crippen molar-refractivity contribution in [3.05, 3.63) is 58.5 Å². The molecule has 0 aliphatic carbocycles. The van der Waals surface area contributed by atoms with Crippen LogP contribution in [0.3, 0.4) is 0 Å². The molecule has 4 aromatic rings. The van der Waals surface area contributed by atoms with E-state index in [-0.39, 0.29) is 24.8 Å². The van der Waals surface area contributed by atoms with Gasteiger partial charge in [0.05, 0.1) is 47.1 Å². The van der Waals surface area contributed by atoms with Gasteiger partial charge >= 0.3 is 6.18 Å². The molecule has 0 fully saturated rings. The SMILES string of the molecule is Cc1nn(C)c2c1c(N)nc1ccc(C(=O)N(C)[C@@H]3COCc4nc(C(F)(F)F)ccc43)cc12. The highest BCUT2D eigenvalue weighted by atomic mass is 19.4. The predicted molar refractivity (Wildman–Crippen MR) is 119 cm³/mol. The van der Waals surface area contributed by atoms with Crippen LogP contribution in [0.5, 0.6) is 0 Å². The highest BCUT2D eigenvalue weighted by Gasteiger charge is 2.35. The van der Waals surface area contributed by atoms with Gasteiger partial charge in [-0.1, -0.05) is 6.07 Å². The number of hydrogen-bond donors (Lipinski definition) is 1. The van der Waals surface area contributed by atoms with Crippen molar-refractivity contribution in [1.29, 1.82) is 0 Å². The van der Waals surface area contributed by atoms with E-state index in [9.17, 15) is 18.0 Å². The van der Waals surface area contributed by atoms with Gasteiger partial charge in [0.15, 0.2) is 0 Å². The number of carbonyl (C=O) groups excluding carboxylic acids is 1. The number of nitrogens with zero attached hydrogens (tertiary/aromatic N) is 5. The Morgan fingerprint density at radius 2 is 2.00 bits per heavy atom. The van der Waals surface area contributed by atoms with E-state index < -0.39 is 17.9 Å². The molecule has 1 aliphatic heterocycles. The minimum Gasteiger partial charge on any atom is -0.383 e. The van der Waals surface area contributed by atoms with Crippen molar-refractivity contribution in [2.45, 2.75) is 25.7 Å². The molecule has 4 heterocycles. The third-order valence-electron chi connectivity index (χ3n) is 6.18. The Morgan fingerprint density at radius 1 is 1.24 bits per heavy atom. The largest absolute Gasteiger partial charge is 0.433 e. The van der Waals surface area contributed by atoms with Gasteiger partial charge in [0.1, 0.15) is 11.5 Å². The molecule has 0 saturated heterocycles.